The lowest BCUT2D eigenvalue weighted by Crippen LogP contribution is -2.32. The summed E-state index contributed by atoms with van der Waals surface area (Å²) in [7, 11) is 0. The zero-order valence-corrected chi connectivity index (χ0v) is 13.2. The molecule has 0 atom stereocenters. The molecule has 0 bridgehead atoms. The minimum atomic E-state index is -4.74. The van der Waals surface area contributed by atoms with E-state index >= 15 is 0 Å². The Hall–Kier alpha value is -3.40. The maximum atomic E-state index is 12.2. The van der Waals surface area contributed by atoms with Crippen LogP contribution in [0.4, 0.5) is 18.9 Å². The molecule has 0 amide bonds. The van der Waals surface area contributed by atoms with Crippen LogP contribution in [0.15, 0.2) is 60.0 Å². The number of ether oxygens (including phenoxy) is 1. The third-order valence-corrected chi connectivity index (χ3v) is 3.21. The number of halogens is 3. The summed E-state index contributed by atoms with van der Waals surface area (Å²) in [5, 5.41) is 11.6. The van der Waals surface area contributed by atoms with Crippen molar-refractivity contribution in [3.05, 3.63) is 60.0 Å². The second-order valence-corrected chi connectivity index (χ2v) is 5.01. The Morgan fingerprint density at radius 2 is 1.50 bits per heavy atom. The molecular weight excluding hydrogens is 353 g/mol. The van der Waals surface area contributed by atoms with Gasteiger partial charge in [-0.15, -0.1) is 13.2 Å². The molecule has 10 heteroatoms. The molecule has 7 nitrogen and oxygen atoms in total. The van der Waals surface area contributed by atoms with E-state index in [1.807, 2.05) is 5.43 Å². The van der Waals surface area contributed by atoms with Crippen LogP contribution in [-0.2, 0) is 4.79 Å². The maximum Gasteiger partial charge on any atom is 0.573 e. The van der Waals surface area contributed by atoms with Crippen LogP contribution >= 0.6 is 0 Å². The maximum absolute atomic E-state index is 12.2. The molecule has 0 aliphatic carbocycles. The number of benzene rings is 2. The topological polar surface area (TPSA) is 123 Å². The zero-order valence-electron chi connectivity index (χ0n) is 13.2. The number of alkyl halides is 3. The van der Waals surface area contributed by atoms with E-state index in [1.165, 1.54) is 24.3 Å². The fourth-order valence-electron chi connectivity index (χ4n) is 2.07. The van der Waals surface area contributed by atoms with Crippen LogP contribution in [0.25, 0.3) is 11.1 Å². The molecule has 7 N–H and O–H groups in total. The summed E-state index contributed by atoms with van der Waals surface area (Å²) in [6.07, 6.45) is -4.74. The van der Waals surface area contributed by atoms with E-state index in [2.05, 4.69) is 10.1 Å². The third kappa shape index (κ3) is 5.05. The molecule has 0 fully saturated rings. The van der Waals surface area contributed by atoms with Crippen molar-refractivity contribution in [1.29, 1.82) is 0 Å². The van der Waals surface area contributed by atoms with Crippen LogP contribution < -0.4 is 27.1 Å². The van der Waals surface area contributed by atoms with E-state index in [0.717, 1.165) is 5.56 Å². The summed E-state index contributed by atoms with van der Waals surface area (Å²) in [6, 6.07) is 12.0. The third-order valence-electron chi connectivity index (χ3n) is 3.21. The Labute approximate surface area is 146 Å². The minimum Gasteiger partial charge on any atom is -0.476 e. The van der Waals surface area contributed by atoms with Crippen molar-refractivity contribution < 1.29 is 27.8 Å². The van der Waals surface area contributed by atoms with Gasteiger partial charge in [0.1, 0.15) is 11.6 Å². The predicted octanol–water partition coefficient (Wildman–Crippen LogP) is 2.34. The van der Waals surface area contributed by atoms with Crippen LogP contribution in [0.3, 0.4) is 0 Å². The van der Waals surface area contributed by atoms with Crippen molar-refractivity contribution >= 4 is 11.7 Å². The van der Waals surface area contributed by atoms with E-state index in [9.17, 15) is 18.0 Å². The SMILES string of the molecule is NN/C(C(=O)O)=C(\N)Nc1ccc(-c2ccc(OC(F)(F)F)cc2)cc1. The molecule has 0 radical (unpaired) electrons. The molecule has 0 unspecified atom stereocenters. The Balaban J connectivity index is 2.13. The number of anilines is 1. The zero-order chi connectivity index (χ0) is 19.3. The Morgan fingerprint density at radius 3 is 1.92 bits per heavy atom. The first kappa shape index (κ1) is 18.9. The molecule has 0 aromatic heterocycles. The van der Waals surface area contributed by atoms with Crippen molar-refractivity contribution in [1.82, 2.24) is 5.43 Å². The van der Waals surface area contributed by atoms with Gasteiger partial charge in [0.25, 0.3) is 0 Å². The quantitative estimate of drug-likeness (QED) is 0.301. The van der Waals surface area contributed by atoms with E-state index in [4.69, 9.17) is 16.7 Å². The van der Waals surface area contributed by atoms with E-state index in [1.54, 1.807) is 24.3 Å². The van der Waals surface area contributed by atoms with Crippen LogP contribution in [0.5, 0.6) is 5.75 Å². The Kier molecular flexibility index (Phi) is 5.58. The first-order valence-corrected chi connectivity index (χ1v) is 7.12. The highest BCUT2D eigenvalue weighted by atomic mass is 19.4. The van der Waals surface area contributed by atoms with Gasteiger partial charge in [-0.1, -0.05) is 24.3 Å². The number of hydrogen-bond acceptors (Lipinski definition) is 6. The summed E-state index contributed by atoms with van der Waals surface area (Å²) in [5.41, 5.74) is 9.10. The number of carboxylic acid groups (broad SMARTS) is 1. The van der Waals surface area contributed by atoms with Gasteiger partial charge in [-0.3, -0.25) is 5.84 Å². The van der Waals surface area contributed by atoms with Gasteiger partial charge >= 0.3 is 12.3 Å². The molecule has 0 saturated heterocycles. The van der Waals surface area contributed by atoms with Crippen molar-refractivity contribution in [2.75, 3.05) is 5.32 Å². The summed E-state index contributed by atoms with van der Waals surface area (Å²) in [4.78, 5) is 10.9. The van der Waals surface area contributed by atoms with Crippen molar-refractivity contribution in [3.63, 3.8) is 0 Å². The average molecular weight is 368 g/mol. The lowest BCUT2D eigenvalue weighted by atomic mass is 10.1. The van der Waals surface area contributed by atoms with Gasteiger partial charge in [0.05, 0.1) is 0 Å². The fourth-order valence-corrected chi connectivity index (χ4v) is 2.07. The second-order valence-electron chi connectivity index (χ2n) is 5.01. The van der Waals surface area contributed by atoms with Crippen LogP contribution in [-0.4, -0.2) is 17.4 Å². The smallest absolute Gasteiger partial charge is 0.476 e. The van der Waals surface area contributed by atoms with Gasteiger partial charge in [0.2, 0.25) is 0 Å². The van der Waals surface area contributed by atoms with Gasteiger partial charge in [-0.25, -0.2) is 4.79 Å². The molecule has 138 valence electrons. The minimum absolute atomic E-state index is 0.179. The van der Waals surface area contributed by atoms with Crippen LogP contribution in [0.1, 0.15) is 0 Å². The van der Waals surface area contributed by atoms with Gasteiger partial charge in [0.15, 0.2) is 5.70 Å². The highest BCUT2D eigenvalue weighted by molar-refractivity contribution is 5.87. The summed E-state index contributed by atoms with van der Waals surface area (Å²) < 4.78 is 40.3. The fraction of sp³-hybridized carbons (Fsp3) is 0.0625. The second kappa shape index (κ2) is 7.66. The standard InChI is InChI=1S/C16H15F3N4O3/c17-16(18,19)26-12-7-3-10(4-8-12)9-1-5-11(6-2-9)22-14(20)13(23-21)15(24)25/h1-8,22-23H,20-21H2,(H,24,25)/b14-13+. The number of rotatable bonds is 6. The van der Waals surface area contributed by atoms with Gasteiger partial charge in [0, 0.05) is 5.69 Å². The summed E-state index contributed by atoms with van der Waals surface area (Å²) in [6.45, 7) is 0. The molecule has 0 aliphatic rings. The highest BCUT2D eigenvalue weighted by Gasteiger charge is 2.30. The molecule has 0 spiro atoms. The average Bonchev–Trinajstić information content (AvgIpc) is 2.55. The van der Waals surface area contributed by atoms with E-state index in [-0.39, 0.29) is 11.6 Å². The molecule has 0 aliphatic heterocycles. The number of carbonyl (C=O) groups is 1. The van der Waals surface area contributed by atoms with Crippen LogP contribution in [0, 0.1) is 0 Å². The number of hydrazine groups is 1. The van der Waals surface area contributed by atoms with Crippen LogP contribution in [0.2, 0.25) is 0 Å². The highest BCUT2D eigenvalue weighted by Crippen LogP contribution is 2.27. The monoisotopic (exact) mass is 368 g/mol. The molecular formula is C16H15F3N4O3. The van der Waals surface area contributed by atoms with Crippen molar-refractivity contribution in [3.8, 4) is 16.9 Å². The molecule has 2 aromatic rings. The van der Waals surface area contributed by atoms with Crippen molar-refractivity contribution in [2.45, 2.75) is 6.36 Å². The van der Waals surface area contributed by atoms with Crippen molar-refractivity contribution in [2.24, 2.45) is 11.6 Å². The molecule has 0 heterocycles. The van der Waals surface area contributed by atoms with E-state index < -0.39 is 18.0 Å². The summed E-state index contributed by atoms with van der Waals surface area (Å²) in [5.74, 6) is 3.27. The number of hydrogen-bond donors (Lipinski definition) is 5. The van der Waals surface area contributed by atoms with Gasteiger partial charge < -0.3 is 26.3 Å². The normalized spacial score (nSPS) is 12.2. The molecule has 2 aromatic carbocycles. The lowest BCUT2D eigenvalue weighted by Gasteiger charge is -2.11. The predicted molar refractivity (Wildman–Crippen MR) is 88.4 cm³/mol. The molecule has 0 saturated carbocycles. The van der Waals surface area contributed by atoms with Gasteiger partial charge in [-0.2, -0.15) is 0 Å². The number of carboxylic acids is 1. The number of nitrogens with two attached hydrogens (primary N) is 2. The Bertz CT molecular complexity index is 803. The van der Waals surface area contributed by atoms with E-state index in [0.29, 0.717) is 11.3 Å². The number of aliphatic carboxylic acids is 1. The Morgan fingerprint density at radius 1 is 1.00 bits per heavy atom. The molecule has 2 rings (SSSR count). The summed E-state index contributed by atoms with van der Waals surface area (Å²) >= 11 is 0. The first-order chi connectivity index (χ1) is 12.2. The van der Waals surface area contributed by atoms with Gasteiger partial charge in [-0.05, 0) is 35.4 Å². The first-order valence-electron chi connectivity index (χ1n) is 7.12. The lowest BCUT2D eigenvalue weighted by molar-refractivity contribution is -0.274. The largest absolute Gasteiger partial charge is 0.573 e. The molecule has 26 heavy (non-hydrogen) atoms. The number of nitrogens with one attached hydrogen (secondary N) is 2.